The van der Waals surface area contributed by atoms with Gasteiger partial charge in [-0.2, -0.15) is 5.10 Å². The number of carboxylic acid groups (broad SMARTS) is 1. The molecule has 5 rings (SSSR count). The lowest BCUT2D eigenvalue weighted by Gasteiger charge is -2.51. The molecule has 22 heavy (non-hydrogen) atoms. The van der Waals surface area contributed by atoms with E-state index in [9.17, 15) is 14.7 Å². The van der Waals surface area contributed by atoms with Crippen molar-refractivity contribution in [2.24, 2.45) is 5.41 Å². The summed E-state index contributed by atoms with van der Waals surface area (Å²) in [6.45, 7) is 0.898. The summed E-state index contributed by atoms with van der Waals surface area (Å²) in [4.78, 5) is 24.1. The maximum Gasteiger partial charge on any atom is 0.309 e. The molecule has 1 amide bonds. The zero-order valence-corrected chi connectivity index (χ0v) is 12.6. The molecule has 0 atom stereocenters. The molecular formula is C16H21N3O3. The van der Waals surface area contributed by atoms with E-state index in [1.165, 1.54) is 0 Å². The molecule has 3 aliphatic carbocycles. The fourth-order valence-corrected chi connectivity index (χ4v) is 4.46. The number of amides is 1. The maximum absolute atomic E-state index is 12.6. The predicted molar refractivity (Wildman–Crippen MR) is 78.5 cm³/mol. The van der Waals surface area contributed by atoms with Gasteiger partial charge in [-0.25, -0.2) is 0 Å². The standard InChI is InChI=1S/C16H21N3O3/c20-13(11-10-17-19-9-1-2-12(11)19)18-16-6-3-15(4-7-16,5-8-16)14(21)22/h10H,1-9H2,(H,18,20)(H,21,22). The fourth-order valence-electron chi connectivity index (χ4n) is 4.46. The van der Waals surface area contributed by atoms with Gasteiger partial charge in [0, 0.05) is 12.1 Å². The number of fused-ring (bicyclic) bond motifs is 4. The van der Waals surface area contributed by atoms with Crippen LogP contribution in [0.3, 0.4) is 0 Å². The van der Waals surface area contributed by atoms with Crippen molar-refractivity contribution < 1.29 is 14.7 Å². The highest BCUT2D eigenvalue weighted by atomic mass is 16.4. The van der Waals surface area contributed by atoms with Crippen LogP contribution in [0.4, 0.5) is 0 Å². The molecule has 0 saturated heterocycles. The van der Waals surface area contributed by atoms with Crippen LogP contribution in [0.25, 0.3) is 0 Å². The first kappa shape index (κ1) is 13.8. The Balaban J connectivity index is 1.50. The first-order valence-corrected chi connectivity index (χ1v) is 8.14. The van der Waals surface area contributed by atoms with Crippen LogP contribution in [-0.2, 0) is 17.8 Å². The number of aromatic nitrogens is 2. The highest BCUT2D eigenvalue weighted by molar-refractivity contribution is 5.95. The van der Waals surface area contributed by atoms with Crippen molar-refractivity contribution in [3.05, 3.63) is 17.5 Å². The van der Waals surface area contributed by atoms with E-state index in [-0.39, 0.29) is 11.4 Å². The van der Waals surface area contributed by atoms with Gasteiger partial charge in [-0.1, -0.05) is 0 Å². The lowest BCUT2D eigenvalue weighted by molar-refractivity contribution is -0.156. The van der Waals surface area contributed by atoms with Gasteiger partial charge in [0.05, 0.1) is 22.9 Å². The Morgan fingerprint density at radius 1 is 1.18 bits per heavy atom. The smallest absolute Gasteiger partial charge is 0.309 e. The molecule has 6 nitrogen and oxygen atoms in total. The second kappa shape index (κ2) is 4.57. The number of aryl methyl sites for hydroxylation is 1. The summed E-state index contributed by atoms with van der Waals surface area (Å²) in [5.74, 6) is -0.700. The first-order valence-electron chi connectivity index (χ1n) is 8.14. The quantitative estimate of drug-likeness (QED) is 0.890. The van der Waals surface area contributed by atoms with E-state index in [1.807, 2.05) is 4.68 Å². The molecule has 2 heterocycles. The Bertz CT molecular complexity index is 625. The Labute approximate surface area is 128 Å². The second-order valence-corrected chi connectivity index (χ2v) is 7.15. The molecule has 3 fully saturated rings. The van der Waals surface area contributed by atoms with E-state index >= 15 is 0 Å². The molecule has 0 spiro atoms. The van der Waals surface area contributed by atoms with E-state index in [0.717, 1.165) is 44.3 Å². The maximum atomic E-state index is 12.6. The van der Waals surface area contributed by atoms with Crippen LogP contribution in [-0.4, -0.2) is 32.3 Å². The van der Waals surface area contributed by atoms with Crippen molar-refractivity contribution in [1.82, 2.24) is 15.1 Å². The van der Waals surface area contributed by atoms with Crippen molar-refractivity contribution in [2.75, 3.05) is 0 Å². The first-order chi connectivity index (χ1) is 10.5. The fraction of sp³-hybridized carbons (Fsp3) is 0.688. The minimum atomic E-state index is -0.665. The van der Waals surface area contributed by atoms with E-state index in [2.05, 4.69) is 10.4 Å². The lowest BCUT2D eigenvalue weighted by atomic mass is 9.57. The third kappa shape index (κ3) is 1.89. The third-order valence-electron chi connectivity index (χ3n) is 6.06. The number of nitrogens with one attached hydrogen (secondary N) is 1. The number of carbonyl (C=O) groups excluding carboxylic acids is 1. The number of rotatable bonds is 3. The molecule has 1 aliphatic heterocycles. The van der Waals surface area contributed by atoms with Crippen molar-refractivity contribution in [3.8, 4) is 0 Å². The van der Waals surface area contributed by atoms with Gasteiger partial charge in [0.1, 0.15) is 0 Å². The molecule has 2 N–H and O–H groups in total. The van der Waals surface area contributed by atoms with Crippen LogP contribution in [0.5, 0.6) is 0 Å². The average molecular weight is 303 g/mol. The van der Waals surface area contributed by atoms with Gasteiger partial charge in [0.15, 0.2) is 0 Å². The molecule has 118 valence electrons. The molecule has 0 unspecified atom stereocenters. The molecule has 2 bridgehead atoms. The monoisotopic (exact) mass is 303 g/mol. The third-order valence-corrected chi connectivity index (χ3v) is 6.06. The summed E-state index contributed by atoms with van der Waals surface area (Å²) in [6, 6.07) is 0. The van der Waals surface area contributed by atoms with Gasteiger partial charge < -0.3 is 10.4 Å². The molecule has 0 radical (unpaired) electrons. The molecule has 0 aromatic carbocycles. The molecule has 6 heteroatoms. The number of hydrogen-bond acceptors (Lipinski definition) is 3. The minimum Gasteiger partial charge on any atom is -0.481 e. The van der Waals surface area contributed by atoms with Gasteiger partial charge in [-0.05, 0) is 51.4 Å². The van der Waals surface area contributed by atoms with Crippen molar-refractivity contribution in [3.63, 3.8) is 0 Å². The summed E-state index contributed by atoms with van der Waals surface area (Å²) < 4.78 is 1.92. The highest BCUT2D eigenvalue weighted by Gasteiger charge is 2.53. The van der Waals surface area contributed by atoms with Crippen molar-refractivity contribution in [2.45, 2.75) is 63.5 Å². The summed E-state index contributed by atoms with van der Waals surface area (Å²) in [6.07, 6.45) is 7.98. The topological polar surface area (TPSA) is 84.2 Å². The Morgan fingerprint density at radius 3 is 2.50 bits per heavy atom. The van der Waals surface area contributed by atoms with Gasteiger partial charge in [0.25, 0.3) is 5.91 Å². The summed E-state index contributed by atoms with van der Waals surface area (Å²) >= 11 is 0. The Kier molecular flexibility index (Phi) is 2.86. The lowest BCUT2D eigenvalue weighted by Crippen LogP contribution is -2.58. The Morgan fingerprint density at radius 2 is 1.86 bits per heavy atom. The molecule has 3 saturated carbocycles. The van der Waals surface area contributed by atoms with Gasteiger partial charge in [0.2, 0.25) is 0 Å². The second-order valence-electron chi connectivity index (χ2n) is 7.15. The van der Waals surface area contributed by atoms with Crippen LogP contribution in [0.15, 0.2) is 6.20 Å². The molecule has 1 aromatic rings. The van der Waals surface area contributed by atoms with Gasteiger partial charge in [-0.3, -0.25) is 14.3 Å². The normalized spacial score (nSPS) is 32.7. The summed E-state index contributed by atoms with van der Waals surface area (Å²) in [7, 11) is 0. The minimum absolute atomic E-state index is 0.0344. The number of carboxylic acids is 1. The molecule has 1 aromatic heterocycles. The number of carbonyl (C=O) groups is 2. The van der Waals surface area contributed by atoms with Crippen LogP contribution < -0.4 is 5.32 Å². The number of aliphatic carboxylic acids is 1. The van der Waals surface area contributed by atoms with Crippen LogP contribution >= 0.6 is 0 Å². The number of nitrogens with zero attached hydrogens (tertiary/aromatic N) is 2. The van der Waals surface area contributed by atoms with Crippen LogP contribution in [0, 0.1) is 5.41 Å². The van der Waals surface area contributed by atoms with E-state index in [4.69, 9.17) is 0 Å². The molecule has 4 aliphatic rings. The summed E-state index contributed by atoms with van der Waals surface area (Å²) in [5.41, 5.74) is 1.00. The van der Waals surface area contributed by atoms with Gasteiger partial charge >= 0.3 is 5.97 Å². The highest BCUT2D eigenvalue weighted by Crippen LogP contribution is 2.52. The van der Waals surface area contributed by atoms with Crippen LogP contribution in [0.2, 0.25) is 0 Å². The number of hydrogen-bond donors (Lipinski definition) is 2. The average Bonchev–Trinajstić information content (AvgIpc) is 3.11. The van der Waals surface area contributed by atoms with Crippen molar-refractivity contribution in [1.29, 1.82) is 0 Å². The predicted octanol–water partition coefficient (Wildman–Crippen LogP) is 1.74. The summed E-state index contributed by atoms with van der Waals surface area (Å²) in [5, 5.41) is 16.9. The Hall–Kier alpha value is -1.85. The SMILES string of the molecule is O=C(NC12CCC(C(=O)O)(CC1)CC2)c1cnn2c1CCC2. The zero-order valence-electron chi connectivity index (χ0n) is 12.6. The van der Waals surface area contributed by atoms with Crippen LogP contribution in [0.1, 0.15) is 61.0 Å². The van der Waals surface area contributed by atoms with E-state index in [0.29, 0.717) is 24.8 Å². The van der Waals surface area contributed by atoms with Gasteiger partial charge in [-0.15, -0.1) is 0 Å². The van der Waals surface area contributed by atoms with E-state index in [1.54, 1.807) is 6.20 Å². The van der Waals surface area contributed by atoms with E-state index < -0.39 is 11.4 Å². The largest absolute Gasteiger partial charge is 0.481 e. The zero-order chi connectivity index (χ0) is 15.4. The van der Waals surface area contributed by atoms with Crippen molar-refractivity contribution >= 4 is 11.9 Å². The molecular weight excluding hydrogens is 282 g/mol.